The van der Waals surface area contributed by atoms with Crippen molar-refractivity contribution in [1.29, 1.82) is 0 Å². The molecule has 0 atom stereocenters. The van der Waals surface area contributed by atoms with E-state index in [0.717, 1.165) is 60.1 Å². The smallest absolute Gasteiger partial charge is 0.00218 e. The van der Waals surface area contributed by atoms with Crippen LogP contribution in [0.1, 0.15) is 57.8 Å². The van der Waals surface area contributed by atoms with Crippen LogP contribution in [0.15, 0.2) is 73.9 Å². The van der Waals surface area contributed by atoms with Gasteiger partial charge in [0.05, 0.1) is 0 Å². The fourth-order valence-electron chi connectivity index (χ4n) is 4.89. The van der Waals surface area contributed by atoms with E-state index in [1.54, 1.807) is 0 Å². The fraction of sp³-hybridized carbons (Fsp3) is 0.586. The summed E-state index contributed by atoms with van der Waals surface area (Å²) in [6.45, 7) is 31.1. The molecule has 0 bridgehead atoms. The number of nitrogens with zero attached hydrogens (tertiary/aromatic N) is 2. The van der Waals surface area contributed by atoms with Gasteiger partial charge in [-0.3, -0.25) is 0 Å². The second kappa shape index (κ2) is 13.7. The zero-order valence-corrected chi connectivity index (χ0v) is 20.1. The minimum absolute atomic E-state index is 0.937. The van der Waals surface area contributed by atoms with Crippen molar-refractivity contribution in [3.63, 3.8) is 0 Å². The summed E-state index contributed by atoms with van der Waals surface area (Å²) >= 11 is 0. The predicted octanol–water partition coefficient (Wildman–Crippen LogP) is 6.96. The standard InChI is InChI=1S/C29H46N2/c1-7-24(3)26(5)12-18-30-20-14-28(15-21-30)10-9-11-29-16-22-31(23-17-29)19-13-27(6)25(4)8-2/h7-8,28-29H,1-6,9-23H2. The Hall–Kier alpha value is -1.64. The Morgan fingerprint density at radius 3 is 1.32 bits per heavy atom. The molecular weight excluding hydrogens is 376 g/mol. The van der Waals surface area contributed by atoms with Gasteiger partial charge >= 0.3 is 0 Å². The Bertz CT molecular complexity index is 584. The zero-order chi connectivity index (χ0) is 22.6. The molecule has 2 saturated heterocycles. The van der Waals surface area contributed by atoms with Crippen molar-refractivity contribution >= 4 is 0 Å². The summed E-state index contributed by atoms with van der Waals surface area (Å²) in [5.41, 5.74) is 4.25. The third-order valence-corrected chi connectivity index (χ3v) is 7.50. The monoisotopic (exact) mass is 422 g/mol. The molecule has 0 aromatic carbocycles. The quantitative estimate of drug-likeness (QED) is 0.279. The van der Waals surface area contributed by atoms with Gasteiger partial charge in [0.25, 0.3) is 0 Å². The molecule has 2 aliphatic heterocycles. The van der Waals surface area contributed by atoms with Crippen molar-refractivity contribution in [2.75, 3.05) is 39.3 Å². The van der Waals surface area contributed by atoms with Gasteiger partial charge in [0.1, 0.15) is 0 Å². The molecule has 0 unspecified atom stereocenters. The average molecular weight is 423 g/mol. The van der Waals surface area contributed by atoms with E-state index in [4.69, 9.17) is 0 Å². The third-order valence-electron chi connectivity index (χ3n) is 7.50. The van der Waals surface area contributed by atoms with Crippen molar-refractivity contribution in [3.05, 3.63) is 73.9 Å². The largest absolute Gasteiger partial charge is 0.303 e. The zero-order valence-electron chi connectivity index (χ0n) is 20.1. The lowest BCUT2D eigenvalue weighted by Crippen LogP contribution is -2.35. The summed E-state index contributed by atoms with van der Waals surface area (Å²) in [5.74, 6) is 1.87. The number of hydrogen-bond donors (Lipinski definition) is 0. The molecule has 0 radical (unpaired) electrons. The van der Waals surface area contributed by atoms with E-state index < -0.39 is 0 Å². The van der Waals surface area contributed by atoms with Crippen molar-refractivity contribution in [2.24, 2.45) is 11.8 Å². The van der Waals surface area contributed by atoms with Gasteiger partial charge in [-0.25, -0.2) is 0 Å². The molecule has 0 aromatic heterocycles. The van der Waals surface area contributed by atoms with Crippen LogP contribution < -0.4 is 0 Å². The number of allylic oxidation sites excluding steroid dienone is 4. The Morgan fingerprint density at radius 2 is 1.00 bits per heavy atom. The maximum absolute atomic E-state index is 4.13. The summed E-state index contributed by atoms with van der Waals surface area (Å²) in [7, 11) is 0. The van der Waals surface area contributed by atoms with Crippen LogP contribution in [-0.2, 0) is 0 Å². The van der Waals surface area contributed by atoms with Gasteiger partial charge in [-0.1, -0.05) is 70.9 Å². The van der Waals surface area contributed by atoms with E-state index in [1.807, 2.05) is 12.2 Å². The molecule has 172 valence electrons. The number of hydrogen-bond acceptors (Lipinski definition) is 2. The summed E-state index contributed by atoms with van der Waals surface area (Å²) in [6, 6.07) is 0. The second-order valence-corrected chi connectivity index (χ2v) is 9.67. The van der Waals surface area contributed by atoms with Crippen LogP contribution in [-0.4, -0.2) is 49.1 Å². The van der Waals surface area contributed by atoms with E-state index in [0.29, 0.717) is 0 Å². The minimum atomic E-state index is 0.937. The molecule has 31 heavy (non-hydrogen) atoms. The maximum Gasteiger partial charge on any atom is 0.00218 e. The van der Waals surface area contributed by atoms with Gasteiger partial charge in [-0.2, -0.15) is 0 Å². The van der Waals surface area contributed by atoms with E-state index >= 15 is 0 Å². The second-order valence-electron chi connectivity index (χ2n) is 9.67. The molecule has 2 fully saturated rings. The van der Waals surface area contributed by atoms with Crippen LogP contribution in [0.4, 0.5) is 0 Å². The van der Waals surface area contributed by atoms with Gasteiger partial charge in [0.2, 0.25) is 0 Å². The van der Waals surface area contributed by atoms with Crippen LogP contribution >= 0.6 is 0 Å². The molecule has 0 saturated carbocycles. The molecule has 0 spiro atoms. The molecule has 0 aliphatic carbocycles. The summed E-state index contributed by atoms with van der Waals surface area (Å²) in [6.07, 6.45) is 15.4. The first-order valence-corrected chi connectivity index (χ1v) is 12.4. The number of piperidine rings is 2. The number of likely N-dealkylation sites (tertiary alicyclic amines) is 2. The molecule has 2 rings (SSSR count). The highest BCUT2D eigenvalue weighted by molar-refractivity contribution is 5.34. The Balaban J connectivity index is 1.52. The highest BCUT2D eigenvalue weighted by Gasteiger charge is 2.21. The Kier molecular flexibility index (Phi) is 11.3. The fourth-order valence-corrected chi connectivity index (χ4v) is 4.89. The normalized spacial score (nSPS) is 19.1. The van der Waals surface area contributed by atoms with E-state index in [9.17, 15) is 0 Å². The van der Waals surface area contributed by atoms with Crippen LogP contribution in [0.25, 0.3) is 0 Å². The van der Waals surface area contributed by atoms with Crippen molar-refractivity contribution in [3.8, 4) is 0 Å². The maximum atomic E-state index is 4.13. The third kappa shape index (κ3) is 9.17. The highest BCUT2D eigenvalue weighted by Crippen LogP contribution is 2.28. The molecular formula is C29H46N2. The molecule has 2 heteroatoms. The van der Waals surface area contributed by atoms with Gasteiger partial charge in [0.15, 0.2) is 0 Å². The Morgan fingerprint density at radius 1 is 0.645 bits per heavy atom. The van der Waals surface area contributed by atoms with Gasteiger partial charge in [-0.05, 0) is 98.8 Å². The Labute approximate surface area is 192 Å². The summed E-state index contributed by atoms with van der Waals surface area (Å²) in [4.78, 5) is 5.21. The summed E-state index contributed by atoms with van der Waals surface area (Å²) < 4.78 is 0. The predicted molar refractivity (Wildman–Crippen MR) is 138 cm³/mol. The first-order valence-electron chi connectivity index (χ1n) is 12.4. The SMILES string of the molecule is C=CC(=C)C(=C)CCN1CCC(CCCC2CCN(CCC(=C)C(=C)C=C)CC2)CC1. The van der Waals surface area contributed by atoms with Crippen LogP contribution in [0.2, 0.25) is 0 Å². The lowest BCUT2D eigenvalue weighted by Gasteiger charge is -2.34. The lowest BCUT2D eigenvalue weighted by atomic mass is 9.86. The molecule has 2 heterocycles. The van der Waals surface area contributed by atoms with Gasteiger partial charge in [-0.15, -0.1) is 0 Å². The first-order chi connectivity index (χ1) is 14.9. The van der Waals surface area contributed by atoms with Crippen LogP contribution in [0.5, 0.6) is 0 Å². The molecule has 0 N–H and O–H groups in total. The first kappa shape index (κ1) is 25.6. The topological polar surface area (TPSA) is 6.48 Å². The highest BCUT2D eigenvalue weighted by atomic mass is 15.1. The molecule has 0 amide bonds. The van der Waals surface area contributed by atoms with E-state index in [-0.39, 0.29) is 0 Å². The number of rotatable bonds is 14. The minimum Gasteiger partial charge on any atom is -0.303 e. The van der Waals surface area contributed by atoms with Crippen LogP contribution in [0, 0.1) is 11.8 Å². The van der Waals surface area contributed by atoms with E-state index in [1.165, 1.54) is 71.1 Å². The van der Waals surface area contributed by atoms with Crippen molar-refractivity contribution in [1.82, 2.24) is 9.80 Å². The van der Waals surface area contributed by atoms with E-state index in [2.05, 4.69) is 49.3 Å². The van der Waals surface area contributed by atoms with Crippen molar-refractivity contribution in [2.45, 2.75) is 57.8 Å². The van der Waals surface area contributed by atoms with Crippen molar-refractivity contribution < 1.29 is 0 Å². The molecule has 2 nitrogen and oxygen atoms in total. The van der Waals surface area contributed by atoms with Gasteiger partial charge < -0.3 is 9.80 Å². The summed E-state index contributed by atoms with van der Waals surface area (Å²) in [5, 5.41) is 0. The van der Waals surface area contributed by atoms with Gasteiger partial charge in [0, 0.05) is 13.1 Å². The lowest BCUT2D eigenvalue weighted by molar-refractivity contribution is 0.164. The van der Waals surface area contributed by atoms with Crippen LogP contribution in [0.3, 0.4) is 0 Å². The molecule has 0 aromatic rings. The average Bonchev–Trinajstić information content (AvgIpc) is 2.81. The molecule has 2 aliphatic rings.